The number of hydrogen-bond donors (Lipinski definition) is 2. The molecule has 1 aromatic carbocycles. The maximum Gasteiger partial charge on any atom is 0.340 e. The molecule has 0 aliphatic heterocycles. The Hall–Kier alpha value is -1.23. The topological polar surface area (TPSA) is 64.3 Å². The molecule has 1 saturated carbocycles. The van der Waals surface area contributed by atoms with E-state index >= 15 is 0 Å². The monoisotopic (exact) mass is 326 g/mol. The highest BCUT2D eigenvalue weighted by molar-refractivity contribution is 9.10. The van der Waals surface area contributed by atoms with E-state index in [1.807, 2.05) is 0 Å². The Balaban J connectivity index is 2.32. The zero-order chi connectivity index (χ0) is 14.0. The van der Waals surface area contributed by atoms with Crippen LogP contribution in [-0.4, -0.2) is 18.6 Å². The lowest BCUT2D eigenvalue weighted by atomic mass is 9.74. The Morgan fingerprint density at radius 3 is 2.68 bits per heavy atom. The van der Waals surface area contributed by atoms with Crippen molar-refractivity contribution in [1.82, 2.24) is 0 Å². The molecule has 0 aromatic heterocycles. The molecule has 1 aliphatic carbocycles. The number of ether oxygens (including phenoxy) is 1. The third-order valence-electron chi connectivity index (χ3n) is 3.93. The molecule has 1 fully saturated rings. The number of methoxy groups -OCH3 is 1. The van der Waals surface area contributed by atoms with Gasteiger partial charge in [0.05, 0.1) is 12.7 Å². The highest BCUT2D eigenvalue weighted by Crippen LogP contribution is 2.40. The second kappa shape index (κ2) is 5.41. The summed E-state index contributed by atoms with van der Waals surface area (Å²) in [5.41, 5.74) is 7.73. The van der Waals surface area contributed by atoms with Crippen LogP contribution in [0, 0.1) is 0 Å². The fraction of sp³-hybridized carbons (Fsp3) is 0.500. The average molecular weight is 327 g/mol. The summed E-state index contributed by atoms with van der Waals surface area (Å²) in [6.07, 6.45) is 4.64. The van der Waals surface area contributed by atoms with Crippen LogP contribution >= 0.6 is 15.9 Å². The van der Waals surface area contributed by atoms with Crippen molar-refractivity contribution in [2.24, 2.45) is 0 Å². The summed E-state index contributed by atoms with van der Waals surface area (Å²) in [5, 5.41) is 3.55. The van der Waals surface area contributed by atoms with Gasteiger partial charge in [-0.3, -0.25) is 0 Å². The van der Waals surface area contributed by atoms with Crippen LogP contribution in [0.3, 0.4) is 0 Å². The minimum Gasteiger partial charge on any atom is -0.465 e. The van der Waals surface area contributed by atoms with Gasteiger partial charge in [0.1, 0.15) is 0 Å². The van der Waals surface area contributed by atoms with Crippen molar-refractivity contribution in [2.75, 3.05) is 18.2 Å². The number of nitrogen functional groups attached to an aromatic ring is 1. The molecule has 0 radical (unpaired) electrons. The number of nitrogens with two attached hydrogens (primary N) is 1. The number of carbonyl (C=O) groups excluding carboxylic acids is 1. The van der Waals surface area contributed by atoms with Crippen molar-refractivity contribution >= 4 is 33.3 Å². The summed E-state index contributed by atoms with van der Waals surface area (Å²) in [5.74, 6) is -0.410. The Kier molecular flexibility index (Phi) is 4.04. The van der Waals surface area contributed by atoms with Gasteiger partial charge in [0.2, 0.25) is 0 Å². The number of benzene rings is 1. The van der Waals surface area contributed by atoms with E-state index in [4.69, 9.17) is 10.5 Å². The van der Waals surface area contributed by atoms with Crippen LogP contribution in [-0.2, 0) is 4.74 Å². The van der Waals surface area contributed by atoms with E-state index in [1.165, 1.54) is 13.5 Å². The highest BCUT2D eigenvalue weighted by Gasteiger charge is 2.35. The molecule has 1 aromatic rings. The number of rotatable bonds is 4. The van der Waals surface area contributed by atoms with Gasteiger partial charge in [-0.25, -0.2) is 4.79 Å². The lowest BCUT2D eigenvalue weighted by molar-refractivity contribution is 0.0602. The Morgan fingerprint density at radius 1 is 1.53 bits per heavy atom. The summed E-state index contributed by atoms with van der Waals surface area (Å²) in [4.78, 5) is 11.7. The standard InChI is InChI=1S/C14H19BrN2O2/c1-3-14(5-4-6-14)17-12-7-9(13(18)19-2)11(16)8-10(12)15/h7-8,17H,3-6,16H2,1-2H3. The van der Waals surface area contributed by atoms with E-state index < -0.39 is 5.97 Å². The zero-order valence-corrected chi connectivity index (χ0v) is 12.8. The van der Waals surface area contributed by atoms with Crippen molar-refractivity contribution in [3.63, 3.8) is 0 Å². The molecule has 0 heterocycles. The first-order chi connectivity index (χ1) is 9.01. The fourth-order valence-corrected chi connectivity index (χ4v) is 2.89. The molecule has 0 atom stereocenters. The Morgan fingerprint density at radius 2 is 2.21 bits per heavy atom. The first-order valence-corrected chi connectivity index (χ1v) is 7.26. The molecule has 0 saturated heterocycles. The second-order valence-electron chi connectivity index (χ2n) is 5.02. The number of hydrogen-bond acceptors (Lipinski definition) is 4. The van der Waals surface area contributed by atoms with Gasteiger partial charge >= 0.3 is 5.97 Å². The van der Waals surface area contributed by atoms with E-state index in [2.05, 4.69) is 28.2 Å². The molecule has 5 heteroatoms. The summed E-state index contributed by atoms with van der Waals surface area (Å²) in [6, 6.07) is 3.51. The summed E-state index contributed by atoms with van der Waals surface area (Å²) in [6.45, 7) is 2.18. The Labute approximate surface area is 121 Å². The molecule has 1 aliphatic rings. The van der Waals surface area contributed by atoms with Gasteiger partial charge < -0.3 is 15.8 Å². The number of nitrogens with one attached hydrogen (secondary N) is 1. The Bertz CT molecular complexity index is 493. The normalized spacial score (nSPS) is 16.6. The van der Waals surface area contributed by atoms with E-state index in [0.29, 0.717) is 11.3 Å². The van der Waals surface area contributed by atoms with Crippen LogP contribution in [0.4, 0.5) is 11.4 Å². The van der Waals surface area contributed by atoms with Crippen molar-refractivity contribution in [2.45, 2.75) is 38.1 Å². The third kappa shape index (κ3) is 2.71. The lowest BCUT2D eigenvalue weighted by Crippen LogP contribution is -2.44. The average Bonchev–Trinajstić information content (AvgIpc) is 2.35. The number of anilines is 2. The van der Waals surface area contributed by atoms with Gasteiger partial charge in [-0.15, -0.1) is 0 Å². The van der Waals surface area contributed by atoms with Crippen molar-refractivity contribution in [3.05, 3.63) is 22.2 Å². The maximum atomic E-state index is 11.7. The summed E-state index contributed by atoms with van der Waals surface area (Å²) in [7, 11) is 1.36. The van der Waals surface area contributed by atoms with Crippen LogP contribution < -0.4 is 11.1 Å². The minimum absolute atomic E-state index is 0.159. The largest absolute Gasteiger partial charge is 0.465 e. The van der Waals surface area contributed by atoms with Crippen LogP contribution in [0.5, 0.6) is 0 Å². The summed E-state index contributed by atoms with van der Waals surface area (Å²) >= 11 is 3.49. The van der Waals surface area contributed by atoms with Gasteiger partial charge in [-0.1, -0.05) is 6.92 Å². The molecule has 0 amide bonds. The minimum atomic E-state index is -0.410. The fourth-order valence-electron chi connectivity index (χ4n) is 2.43. The van der Waals surface area contributed by atoms with E-state index in [-0.39, 0.29) is 5.54 Å². The van der Waals surface area contributed by atoms with Gasteiger partial charge in [0.25, 0.3) is 0 Å². The smallest absolute Gasteiger partial charge is 0.340 e. The summed E-state index contributed by atoms with van der Waals surface area (Å²) < 4.78 is 5.62. The molecule has 104 valence electrons. The molecule has 0 bridgehead atoms. The molecule has 0 spiro atoms. The highest BCUT2D eigenvalue weighted by atomic mass is 79.9. The number of esters is 1. The van der Waals surface area contributed by atoms with Crippen molar-refractivity contribution in [1.29, 1.82) is 0 Å². The molecular formula is C14H19BrN2O2. The molecular weight excluding hydrogens is 308 g/mol. The van der Waals surface area contributed by atoms with Crippen LogP contribution in [0.15, 0.2) is 16.6 Å². The maximum absolute atomic E-state index is 11.7. The molecule has 3 N–H and O–H groups in total. The second-order valence-corrected chi connectivity index (χ2v) is 5.88. The van der Waals surface area contributed by atoms with Gasteiger partial charge in [0.15, 0.2) is 0 Å². The van der Waals surface area contributed by atoms with E-state index in [0.717, 1.165) is 29.4 Å². The first-order valence-electron chi connectivity index (χ1n) is 6.47. The van der Waals surface area contributed by atoms with Crippen LogP contribution in [0.2, 0.25) is 0 Å². The van der Waals surface area contributed by atoms with E-state index in [9.17, 15) is 4.79 Å². The van der Waals surface area contributed by atoms with Gasteiger partial charge in [-0.2, -0.15) is 0 Å². The van der Waals surface area contributed by atoms with Crippen LogP contribution in [0.1, 0.15) is 43.0 Å². The van der Waals surface area contributed by atoms with Crippen molar-refractivity contribution in [3.8, 4) is 0 Å². The molecule has 0 unspecified atom stereocenters. The van der Waals surface area contributed by atoms with Crippen molar-refractivity contribution < 1.29 is 9.53 Å². The quantitative estimate of drug-likeness (QED) is 0.655. The molecule has 4 nitrogen and oxygen atoms in total. The molecule has 2 rings (SSSR count). The number of halogens is 1. The predicted molar refractivity (Wildman–Crippen MR) is 80.4 cm³/mol. The predicted octanol–water partition coefficient (Wildman–Crippen LogP) is 3.56. The zero-order valence-electron chi connectivity index (χ0n) is 11.3. The SMILES string of the molecule is CCC1(Nc2cc(C(=O)OC)c(N)cc2Br)CCC1. The third-order valence-corrected chi connectivity index (χ3v) is 4.59. The number of carbonyl (C=O) groups is 1. The van der Waals surface area contributed by atoms with E-state index in [1.54, 1.807) is 12.1 Å². The van der Waals surface area contributed by atoms with Gasteiger partial charge in [0, 0.05) is 21.4 Å². The lowest BCUT2D eigenvalue weighted by Gasteiger charge is -2.43. The van der Waals surface area contributed by atoms with Crippen LogP contribution in [0.25, 0.3) is 0 Å². The first kappa shape index (κ1) is 14.2. The molecule has 19 heavy (non-hydrogen) atoms. The van der Waals surface area contributed by atoms with Gasteiger partial charge in [-0.05, 0) is 53.7 Å².